The molecule has 0 fully saturated rings. The fraction of sp³-hybridized carbons (Fsp3) is 0.208. The lowest BCUT2D eigenvalue weighted by Crippen LogP contribution is -2.20. The third-order valence-corrected chi connectivity index (χ3v) is 5.68. The molecule has 0 aliphatic heterocycles. The summed E-state index contributed by atoms with van der Waals surface area (Å²) in [6.07, 6.45) is 0. The number of anilines is 1. The number of fused-ring (bicyclic) bond motifs is 1. The summed E-state index contributed by atoms with van der Waals surface area (Å²) in [7, 11) is 1.62. The van der Waals surface area contributed by atoms with Gasteiger partial charge < -0.3 is 14.8 Å². The zero-order valence-electron chi connectivity index (χ0n) is 18.3. The molecule has 1 amide bonds. The number of nitrogens with one attached hydrogen (secondary N) is 1. The van der Waals surface area contributed by atoms with Gasteiger partial charge in [-0.25, -0.2) is 0 Å². The second-order valence-electron chi connectivity index (χ2n) is 7.55. The van der Waals surface area contributed by atoms with E-state index < -0.39 is 0 Å². The van der Waals surface area contributed by atoms with E-state index in [0.717, 1.165) is 33.6 Å². The summed E-state index contributed by atoms with van der Waals surface area (Å²) >= 11 is 6.19. The van der Waals surface area contributed by atoms with E-state index >= 15 is 0 Å². The molecule has 4 rings (SSSR count). The number of benzene rings is 3. The Morgan fingerprint density at radius 1 is 0.938 bits per heavy atom. The first-order valence-corrected chi connectivity index (χ1v) is 10.4. The number of carbonyl (C=O) groups excluding carboxylic acids is 1. The van der Waals surface area contributed by atoms with E-state index in [9.17, 15) is 4.79 Å². The number of rotatable bonds is 6. The predicted octanol–water partition coefficient (Wildman–Crippen LogP) is 5.03. The van der Waals surface area contributed by atoms with Crippen LogP contribution in [0.4, 0.5) is 5.69 Å². The zero-order valence-corrected chi connectivity index (χ0v) is 19.0. The van der Waals surface area contributed by atoms with Crippen molar-refractivity contribution >= 4 is 34.2 Å². The van der Waals surface area contributed by atoms with Crippen LogP contribution >= 0.6 is 11.6 Å². The first-order valence-electron chi connectivity index (χ1n) is 10.1. The fourth-order valence-corrected chi connectivity index (χ4v) is 3.47. The van der Waals surface area contributed by atoms with Crippen LogP contribution < -0.4 is 14.8 Å². The van der Waals surface area contributed by atoms with Gasteiger partial charge in [0.2, 0.25) is 0 Å². The molecule has 1 aromatic heterocycles. The molecule has 0 aliphatic rings. The highest BCUT2D eigenvalue weighted by Crippen LogP contribution is 2.26. The summed E-state index contributed by atoms with van der Waals surface area (Å²) in [5.41, 5.74) is 5.58. The molecule has 0 saturated carbocycles. The van der Waals surface area contributed by atoms with Crippen LogP contribution in [0.2, 0.25) is 5.02 Å². The number of carbonyl (C=O) groups is 1. The van der Waals surface area contributed by atoms with Gasteiger partial charge in [-0.05, 0) is 86.0 Å². The van der Waals surface area contributed by atoms with Crippen LogP contribution in [0.1, 0.15) is 16.7 Å². The number of amides is 1. The maximum atomic E-state index is 12.5. The van der Waals surface area contributed by atoms with Crippen LogP contribution in [-0.2, 0) is 4.79 Å². The summed E-state index contributed by atoms with van der Waals surface area (Å²) in [6.45, 7) is 5.60. The largest absolute Gasteiger partial charge is 0.497 e. The van der Waals surface area contributed by atoms with Gasteiger partial charge in [-0.15, -0.1) is 10.2 Å². The van der Waals surface area contributed by atoms with Crippen LogP contribution in [0.5, 0.6) is 11.5 Å². The van der Waals surface area contributed by atoms with Crippen molar-refractivity contribution in [2.75, 3.05) is 19.0 Å². The van der Waals surface area contributed by atoms with Crippen LogP contribution in [0, 0.1) is 20.8 Å². The molecule has 1 N–H and O–H groups in total. The molecule has 32 heavy (non-hydrogen) atoms. The normalized spacial score (nSPS) is 10.9. The summed E-state index contributed by atoms with van der Waals surface area (Å²) < 4.78 is 10.8. The van der Waals surface area contributed by atoms with Crippen molar-refractivity contribution in [3.05, 3.63) is 70.2 Å². The molecule has 3 aromatic carbocycles. The van der Waals surface area contributed by atoms with Crippen molar-refractivity contribution in [1.29, 1.82) is 0 Å². The van der Waals surface area contributed by atoms with Gasteiger partial charge in [0.25, 0.3) is 5.91 Å². The molecule has 8 heteroatoms. The van der Waals surface area contributed by atoms with Gasteiger partial charge in [-0.3, -0.25) is 4.79 Å². The van der Waals surface area contributed by atoms with Crippen molar-refractivity contribution in [3.8, 4) is 17.2 Å². The maximum Gasteiger partial charge on any atom is 0.262 e. The van der Waals surface area contributed by atoms with Crippen LogP contribution in [0.15, 0.2) is 48.5 Å². The van der Waals surface area contributed by atoms with Crippen LogP contribution in [-0.4, -0.2) is 34.6 Å². The lowest BCUT2D eigenvalue weighted by atomic mass is 10.1. The van der Waals surface area contributed by atoms with Gasteiger partial charge in [0.15, 0.2) is 6.61 Å². The highest BCUT2D eigenvalue weighted by molar-refractivity contribution is 6.32. The lowest BCUT2D eigenvalue weighted by molar-refractivity contribution is -0.118. The van der Waals surface area contributed by atoms with Crippen LogP contribution in [0.25, 0.3) is 16.7 Å². The monoisotopic (exact) mass is 450 g/mol. The van der Waals surface area contributed by atoms with Crippen molar-refractivity contribution in [1.82, 2.24) is 15.0 Å². The van der Waals surface area contributed by atoms with E-state index in [-0.39, 0.29) is 12.5 Å². The average molecular weight is 451 g/mol. The van der Waals surface area contributed by atoms with E-state index in [1.165, 1.54) is 0 Å². The molecular weight excluding hydrogens is 428 g/mol. The molecule has 0 atom stereocenters. The molecule has 7 nitrogen and oxygen atoms in total. The minimum Gasteiger partial charge on any atom is -0.497 e. The first kappa shape index (κ1) is 21.6. The van der Waals surface area contributed by atoms with E-state index in [2.05, 4.69) is 15.5 Å². The predicted molar refractivity (Wildman–Crippen MR) is 125 cm³/mol. The van der Waals surface area contributed by atoms with Crippen molar-refractivity contribution in [2.24, 2.45) is 0 Å². The fourth-order valence-electron chi connectivity index (χ4n) is 3.36. The summed E-state index contributed by atoms with van der Waals surface area (Å²) in [6, 6.07) is 14.8. The minimum atomic E-state index is -0.264. The Balaban J connectivity index is 1.48. The van der Waals surface area contributed by atoms with Crippen LogP contribution in [0.3, 0.4) is 0 Å². The van der Waals surface area contributed by atoms with Crippen molar-refractivity contribution < 1.29 is 14.3 Å². The number of hydrogen-bond donors (Lipinski definition) is 1. The topological polar surface area (TPSA) is 78.3 Å². The number of methoxy groups -OCH3 is 1. The third kappa shape index (κ3) is 4.53. The molecule has 1 heterocycles. The van der Waals surface area contributed by atoms with E-state index in [4.69, 9.17) is 21.1 Å². The number of halogens is 1. The highest BCUT2D eigenvalue weighted by Gasteiger charge is 2.12. The second-order valence-corrected chi connectivity index (χ2v) is 7.93. The number of aryl methyl sites for hydroxylation is 3. The first-order chi connectivity index (χ1) is 15.3. The molecule has 0 bridgehead atoms. The summed E-state index contributed by atoms with van der Waals surface area (Å²) in [5.74, 6) is 1.10. The zero-order chi connectivity index (χ0) is 22.8. The Hall–Kier alpha value is -3.58. The molecule has 164 valence electrons. The van der Waals surface area contributed by atoms with E-state index in [1.54, 1.807) is 11.9 Å². The quantitative estimate of drug-likeness (QED) is 0.446. The second kappa shape index (κ2) is 8.88. The lowest BCUT2D eigenvalue weighted by Gasteiger charge is -2.11. The molecular formula is C24H23ClN4O3. The third-order valence-electron chi connectivity index (χ3n) is 5.08. The molecule has 0 saturated heterocycles. The maximum absolute atomic E-state index is 12.5. The Morgan fingerprint density at radius 3 is 2.19 bits per heavy atom. The van der Waals surface area contributed by atoms with E-state index in [1.807, 2.05) is 69.3 Å². The van der Waals surface area contributed by atoms with E-state index in [0.29, 0.717) is 22.0 Å². The van der Waals surface area contributed by atoms with Gasteiger partial charge in [0, 0.05) is 10.7 Å². The Bertz CT molecular complexity index is 1280. The number of aromatic nitrogens is 3. The van der Waals surface area contributed by atoms with Gasteiger partial charge in [0.05, 0.1) is 12.8 Å². The Labute approximate surface area is 190 Å². The molecule has 4 aromatic rings. The number of hydrogen-bond acceptors (Lipinski definition) is 5. The summed E-state index contributed by atoms with van der Waals surface area (Å²) in [5, 5.41) is 12.7. The van der Waals surface area contributed by atoms with Crippen molar-refractivity contribution in [3.63, 3.8) is 0 Å². The Morgan fingerprint density at radius 2 is 1.56 bits per heavy atom. The van der Waals surface area contributed by atoms with Gasteiger partial charge in [0.1, 0.15) is 22.5 Å². The summed E-state index contributed by atoms with van der Waals surface area (Å²) in [4.78, 5) is 14.0. The molecule has 0 spiro atoms. The molecule has 0 unspecified atom stereocenters. The van der Waals surface area contributed by atoms with Gasteiger partial charge in [-0.2, -0.15) is 4.80 Å². The minimum absolute atomic E-state index is 0.115. The number of ether oxygens (including phenoxy) is 2. The van der Waals surface area contributed by atoms with Gasteiger partial charge >= 0.3 is 0 Å². The average Bonchev–Trinajstić information content (AvgIpc) is 3.19. The SMILES string of the molecule is COc1ccc(-n2nc3cc(C)c(NC(=O)COc4cc(C)c(Cl)c(C)c4)cc3n2)cc1. The molecule has 0 radical (unpaired) electrons. The van der Waals surface area contributed by atoms with Crippen molar-refractivity contribution in [2.45, 2.75) is 20.8 Å². The molecule has 0 aliphatic carbocycles. The smallest absolute Gasteiger partial charge is 0.262 e. The number of nitrogens with zero attached hydrogens (tertiary/aromatic N) is 3. The standard InChI is InChI=1S/C24H23ClN4O3/c1-14-11-21-22(28-29(27-21)17-5-7-18(31-4)8-6-17)12-20(14)26-23(30)13-32-19-9-15(2)24(25)16(3)10-19/h5-12H,13H2,1-4H3,(H,26,30). The highest BCUT2D eigenvalue weighted by atomic mass is 35.5. The Kier molecular flexibility index (Phi) is 6.01. The van der Waals surface area contributed by atoms with Gasteiger partial charge in [-0.1, -0.05) is 11.6 Å².